The minimum atomic E-state index is -0.947. The molecule has 0 radical (unpaired) electrons. The van der Waals surface area contributed by atoms with Crippen molar-refractivity contribution in [2.24, 2.45) is 0 Å². The first-order chi connectivity index (χ1) is 6.66. The van der Waals surface area contributed by atoms with Crippen molar-refractivity contribution in [3.05, 3.63) is 12.2 Å². The number of hydrogen-bond acceptors (Lipinski definition) is 2. The molecule has 0 saturated heterocycles. The number of allylic oxidation sites excluding steroid dienone is 1. The molecule has 0 bridgehead atoms. The van der Waals surface area contributed by atoms with E-state index in [4.69, 9.17) is 5.11 Å². The van der Waals surface area contributed by atoms with E-state index in [-0.39, 0.29) is 6.42 Å². The van der Waals surface area contributed by atoms with E-state index >= 15 is 0 Å². The highest BCUT2D eigenvalue weighted by atomic mass is 16.4. The Kier molecular flexibility index (Phi) is 8.24. The molecule has 0 heterocycles. The molecule has 0 saturated carbocycles. The first-order valence-corrected chi connectivity index (χ1v) is 5.21. The zero-order valence-electron chi connectivity index (χ0n) is 8.78. The van der Waals surface area contributed by atoms with Gasteiger partial charge in [0, 0.05) is 0 Å². The topological polar surface area (TPSA) is 57.5 Å². The molecule has 0 aromatic heterocycles. The lowest BCUT2D eigenvalue weighted by Crippen LogP contribution is -2.11. The Labute approximate surface area is 85.4 Å². The van der Waals surface area contributed by atoms with E-state index in [1.54, 1.807) is 0 Å². The van der Waals surface area contributed by atoms with Crippen molar-refractivity contribution in [3.8, 4) is 0 Å². The predicted octanol–water partition coefficient (Wildman–Crippen LogP) is 2.35. The van der Waals surface area contributed by atoms with E-state index in [0.717, 1.165) is 6.42 Å². The van der Waals surface area contributed by atoms with E-state index in [1.165, 1.54) is 19.3 Å². The minimum Gasteiger partial charge on any atom is -0.481 e. The highest BCUT2D eigenvalue weighted by molar-refractivity contribution is 5.67. The normalized spacial score (nSPS) is 13.3. The van der Waals surface area contributed by atoms with Gasteiger partial charge in [0.15, 0.2) is 0 Å². The van der Waals surface area contributed by atoms with Crippen molar-refractivity contribution in [2.45, 2.75) is 51.6 Å². The highest BCUT2D eigenvalue weighted by Crippen LogP contribution is 2.03. The van der Waals surface area contributed by atoms with Crippen LogP contribution in [0.2, 0.25) is 0 Å². The molecule has 0 aliphatic carbocycles. The van der Waals surface area contributed by atoms with Crippen molar-refractivity contribution in [2.75, 3.05) is 0 Å². The van der Waals surface area contributed by atoms with E-state index < -0.39 is 12.1 Å². The molecule has 0 aliphatic heterocycles. The third-order valence-electron chi connectivity index (χ3n) is 1.96. The van der Waals surface area contributed by atoms with Crippen LogP contribution in [0.3, 0.4) is 0 Å². The van der Waals surface area contributed by atoms with Gasteiger partial charge in [0.05, 0.1) is 12.5 Å². The van der Waals surface area contributed by atoms with E-state index in [2.05, 4.69) is 6.92 Å². The Morgan fingerprint density at radius 1 is 1.36 bits per heavy atom. The van der Waals surface area contributed by atoms with Crippen LogP contribution < -0.4 is 0 Å². The van der Waals surface area contributed by atoms with Crippen LogP contribution in [0.5, 0.6) is 0 Å². The van der Waals surface area contributed by atoms with Crippen LogP contribution in [0.4, 0.5) is 0 Å². The Balaban J connectivity index is 3.36. The lowest BCUT2D eigenvalue weighted by atomic mass is 10.1. The fourth-order valence-corrected chi connectivity index (χ4v) is 1.17. The molecule has 0 rings (SSSR count). The largest absolute Gasteiger partial charge is 0.481 e. The number of aliphatic hydroxyl groups is 1. The summed E-state index contributed by atoms with van der Waals surface area (Å²) in [5, 5.41) is 17.6. The summed E-state index contributed by atoms with van der Waals surface area (Å²) in [4.78, 5) is 10.2. The van der Waals surface area contributed by atoms with Crippen LogP contribution >= 0.6 is 0 Å². The van der Waals surface area contributed by atoms with Gasteiger partial charge in [-0.15, -0.1) is 0 Å². The third kappa shape index (κ3) is 9.26. The summed E-state index contributed by atoms with van der Waals surface area (Å²) in [6.45, 7) is 2.15. The molecule has 0 aromatic carbocycles. The fourth-order valence-electron chi connectivity index (χ4n) is 1.17. The van der Waals surface area contributed by atoms with Gasteiger partial charge >= 0.3 is 5.97 Å². The Hall–Kier alpha value is -0.830. The van der Waals surface area contributed by atoms with Crippen LogP contribution in [-0.2, 0) is 4.79 Å². The van der Waals surface area contributed by atoms with Crippen molar-refractivity contribution in [1.82, 2.24) is 0 Å². The maximum atomic E-state index is 10.2. The van der Waals surface area contributed by atoms with Crippen LogP contribution in [0.15, 0.2) is 12.2 Å². The maximum Gasteiger partial charge on any atom is 0.305 e. The van der Waals surface area contributed by atoms with Crippen molar-refractivity contribution >= 4 is 5.97 Å². The van der Waals surface area contributed by atoms with Crippen molar-refractivity contribution in [3.63, 3.8) is 0 Å². The molecule has 2 N–H and O–H groups in total. The molecule has 0 fully saturated rings. The molecular formula is C11H20O3. The number of unbranched alkanes of at least 4 members (excludes halogenated alkanes) is 3. The number of aliphatic hydroxyl groups excluding tert-OH is 1. The summed E-state index contributed by atoms with van der Waals surface area (Å²) >= 11 is 0. The molecule has 1 unspecified atom stereocenters. The van der Waals surface area contributed by atoms with E-state index in [0.29, 0.717) is 6.42 Å². The van der Waals surface area contributed by atoms with Gasteiger partial charge in [0.2, 0.25) is 0 Å². The van der Waals surface area contributed by atoms with Gasteiger partial charge in [-0.25, -0.2) is 0 Å². The van der Waals surface area contributed by atoms with Crippen LogP contribution in [-0.4, -0.2) is 22.3 Å². The lowest BCUT2D eigenvalue weighted by Gasteiger charge is -2.02. The molecule has 0 aliphatic rings. The quantitative estimate of drug-likeness (QED) is 0.467. The number of carbonyl (C=O) groups is 1. The fraction of sp³-hybridized carbons (Fsp3) is 0.727. The summed E-state index contributed by atoms with van der Waals surface area (Å²) in [7, 11) is 0. The number of carboxylic acids is 1. The molecule has 3 nitrogen and oxygen atoms in total. The molecule has 82 valence electrons. The summed E-state index contributed by atoms with van der Waals surface area (Å²) in [5.74, 6) is -0.947. The molecule has 14 heavy (non-hydrogen) atoms. The number of aliphatic carboxylic acids is 1. The monoisotopic (exact) mass is 200 g/mol. The Morgan fingerprint density at radius 3 is 2.64 bits per heavy atom. The second-order valence-corrected chi connectivity index (χ2v) is 3.45. The number of carboxylic acid groups (broad SMARTS) is 1. The highest BCUT2D eigenvalue weighted by Gasteiger charge is 2.06. The average Bonchev–Trinajstić information content (AvgIpc) is 2.10. The van der Waals surface area contributed by atoms with Gasteiger partial charge in [-0.3, -0.25) is 4.79 Å². The van der Waals surface area contributed by atoms with Crippen LogP contribution in [0.25, 0.3) is 0 Å². The number of hydrogen-bond donors (Lipinski definition) is 2. The van der Waals surface area contributed by atoms with Crippen molar-refractivity contribution < 1.29 is 15.0 Å². The summed E-state index contributed by atoms with van der Waals surface area (Å²) in [6, 6.07) is 0. The summed E-state index contributed by atoms with van der Waals surface area (Å²) < 4.78 is 0. The van der Waals surface area contributed by atoms with Gasteiger partial charge < -0.3 is 10.2 Å². The molecule has 0 amide bonds. The third-order valence-corrected chi connectivity index (χ3v) is 1.96. The first kappa shape index (κ1) is 13.2. The Bertz CT molecular complexity index is 175. The number of rotatable bonds is 8. The smallest absolute Gasteiger partial charge is 0.305 e. The molecule has 0 spiro atoms. The molecule has 1 atom stereocenters. The molecule has 3 heteroatoms. The maximum absolute atomic E-state index is 10.2. The average molecular weight is 200 g/mol. The van der Waals surface area contributed by atoms with Gasteiger partial charge in [0.1, 0.15) is 0 Å². The van der Waals surface area contributed by atoms with E-state index in [1.807, 2.05) is 12.2 Å². The zero-order valence-corrected chi connectivity index (χ0v) is 8.78. The standard InChI is InChI=1S/C11H20O3/c1-2-3-4-5-6-7-8-10(12)9-11(13)14/h6-7,10,12H,2-5,8-9H2,1H3,(H,13,14). The second kappa shape index (κ2) is 8.75. The molecular weight excluding hydrogens is 180 g/mol. The lowest BCUT2D eigenvalue weighted by molar-refractivity contribution is -0.139. The van der Waals surface area contributed by atoms with E-state index in [9.17, 15) is 9.90 Å². The SMILES string of the molecule is CCCCCC=CCC(O)CC(=O)O. The van der Waals surface area contributed by atoms with Gasteiger partial charge in [0.25, 0.3) is 0 Å². The van der Waals surface area contributed by atoms with Gasteiger partial charge in [-0.05, 0) is 19.3 Å². The molecule has 0 aromatic rings. The summed E-state index contributed by atoms with van der Waals surface area (Å²) in [5.41, 5.74) is 0. The zero-order chi connectivity index (χ0) is 10.8. The second-order valence-electron chi connectivity index (χ2n) is 3.45. The van der Waals surface area contributed by atoms with Crippen molar-refractivity contribution in [1.29, 1.82) is 0 Å². The van der Waals surface area contributed by atoms with Gasteiger partial charge in [-0.1, -0.05) is 31.9 Å². The first-order valence-electron chi connectivity index (χ1n) is 5.21. The van der Waals surface area contributed by atoms with Crippen LogP contribution in [0, 0.1) is 0 Å². The Morgan fingerprint density at radius 2 is 2.07 bits per heavy atom. The van der Waals surface area contributed by atoms with Gasteiger partial charge in [-0.2, -0.15) is 0 Å². The summed E-state index contributed by atoms with van der Waals surface area (Å²) in [6.07, 6.45) is 8.03. The van der Waals surface area contributed by atoms with Crippen LogP contribution in [0.1, 0.15) is 45.4 Å². The minimum absolute atomic E-state index is 0.167. The predicted molar refractivity (Wildman–Crippen MR) is 56.2 cm³/mol.